The van der Waals surface area contributed by atoms with Crippen LogP contribution >= 0.6 is 0 Å². The van der Waals surface area contributed by atoms with Gasteiger partial charge in [-0.15, -0.1) is 0 Å². The minimum absolute atomic E-state index is 0.0323. The van der Waals surface area contributed by atoms with Crippen LogP contribution in [0.3, 0.4) is 0 Å². The van der Waals surface area contributed by atoms with E-state index >= 15 is 0 Å². The van der Waals surface area contributed by atoms with Gasteiger partial charge in [0, 0.05) is 5.41 Å². The molecule has 4 rings (SSSR count). The Morgan fingerprint density at radius 2 is 2.00 bits per heavy atom. The zero-order valence-corrected chi connectivity index (χ0v) is 16.9. The number of carbonyl (C=O) groups excluding carboxylic acids is 2. The van der Waals surface area contributed by atoms with E-state index in [1.54, 1.807) is 0 Å². The van der Waals surface area contributed by atoms with E-state index in [4.69, 9.17) is 9.47 Å². The highest BCUT2D eigenvalue weighted by Gasteiger charge is 2.60. The van der Waals surface area contributed by atoms with Crippen LogP contribution in [0.5, 0.6) is 0 Å². The maximum absolute atomic E-state index is 12.1. The molecule has 0 spiro atoms. The summed E-state index contributed by atoms with van der Waals surface area (Å²) in [4.78, 5) is 24.1. The van der Waals surface area contributed by atoms with E-state index in [1.165, 1.54) is 5.57 Å². The smallest absolute Gasteiger partial charge is 0.435 e. The lowest BCUT2D eigenvalue weighted by atomic mass is 9.47. The van der Waals surface area contributed by atoms with Crippen molar-refractivity contribution in [2.75, 3.05) is 6.61 Å². The quantitative estimate of drug-likeness (QED) is 0.492. The molecule has 3 fully saturated rings. The summed E-state index contributed by atoms with van der Waals surface area (Å²) in [5.74, 6) is 1.95. The highest BCUT2D eigenvalue weighted by atomic mass is 16.7. The number of rotatable bonds is 2. The summed E-state index contributed by atoms with van der Waals surface area (Å²) in [5.41, 5.74) is 2.25. The van der Waals surface area contributed by atoms with Crippen molar-refractivity contribution in [1.82, 2.24) is 0 Å². The third-order valence-electron chi connectivity index (χ3n) is 8.38. The van der Waals surface area contributed by atoms with Crippen LogP contribution in [-0.4, -0.2) is 24.6 Å². The second kappa shape index (κ2) is 6.49. The Bertz CT molecular complexity index is 707. The zero-order chi connectivity index (χ0) is 19.4. The Morgan fingerprint density at radius 3 is 2.74 bits per heavy atom. The molecule has 0 heterocycles. The van der Waals surface area contributed by atoms with Crippen molar-refractivity contribution < 1.29 is 19.1 Å². The Kier molecular flexibility index (Phi) is 4.51. The van der Waals surface area contributed by atoms with Crippen LogP contribution < -0.4 is 0 Å². The van der Waals surface area contributed by atoms with Crippen molar-refractivity contribution in [3.05, 3.63) is 23.8 Å². The summed E-state index contributed by atoms with van der Waals surface area (Å²) in [6, 6.07) is 0. The molecule has 0 aliphatic heterocycles. The molecule has 4 nitrogen and oxygen atoms in total. The molecule has 0 aromatic rings. The summed E-state index contributed by atoms with van der Waals surface area (Å²) in [7, 11) is 0. The number of ketones is 1. The van der Waals surface area contributed by atoms with E-state index < -0.39 is 6.16 Å². The highest BCUT2D eigenvalue weighted by molar-refractivity contribution is 6.05. The van der Waals surface area contributed by atoms with Gasteiger partial charge in [0.25, 0.3) is 0 Å². The molecule has 0 saturated heterocycles. The van der Waals surface area contributed by atoms with Crippen molar-refractivity contribution in [3.8, 4) is 0 Å². The fourth-order valence-corrected chi connectivity index (χ4v) is 7.01. The molecule has 0 aromatic carbocycles. The first kappa shape index (κ1) is 18.8. The first-order valence-electron chi connectivity index (χ1n) is 10.6. The molecule has 0 N–H and O–H groups in total. The number of allylic oxidation sites excluding steroid dienone is 2. The standard InChI is InChI=1S/C23H32O4/c1-5-26-21(25)27-20-9-8-17-16-7-6-15-12-19(24)14(2)13-23(15,4)18(16)10-11-22(17,20)3/h12,16-18,20H,2,5-11,13H2,1,3-4H3/t16-,17-,18-,20+,22+,23+/m1/s1. The second-order valence-electron chi connectivity index (χ2n) is 9.56. The lowest BCUT2D eigenvalue weighted by molar-refractivity contribution is -0.113. The summed E-state index contributed by atoms with van der Waals surface area (Å²) in [6.07, 6.45) is 8.59. The van der Waals surface area contributed by atoms with Crippen LogP contribution in [0.2, 0.25) is 0 Å². The monoisotopic (exact) mass is 372 g/mol. The molecule has 3 saturated carbocycles. The van der Waals surface area contributed by atoms with E-state index in [0.717, 1.165) is 50.5 Å². The van der Waals surface area contributed by atoms with Gasteiger partial charge in [-0.1, -0.05) is 26.0 Å². The molecule has 0 unspecified atom stereocenters. The second-order valence-corrected chi connectivity index (χ2v) is 9.56. The normalized spacial score (nSPS) is 43.3. The Labute approximate surface area is 162 Å². The lowest BCUT2D eigenvalue weighted by Gasteiger charge is -2.57. The minimum Gasteiger partial charge on any atom is -0.435 e. The Hall–Kier alpha value is -1.58. The molecule has 0 amide bonds. The van der Waals surface area contributed by atoms with Crippen molar-refractivity contribution in [3.63, 3.8) is 0 Å². The number of fused-ring (bicyclic) bond motifs is 5. The average molecular weight is 373 g/mol. The number of hydrogen-bond acceptors (Lipinski definition) is 4. The van der Waals surface area contributed by atoms with Gasteiger partial charge in [-0.05, 0) is 86.7 Å². The predicted octanol–water partition coefficient (Wildman–Crippen LogP) is 5.23. The number of carbonyl (C=O) groups is 2. The molecule has 4 heteroatoms. The van der Waals surface area contributed by atoms with Gasteiger partial charge in [0.15, 0.2) is 5.78 Å². The topological polar surface area (TPSA) is 52.6 Å². The van der Waals surface area contributed by atoms with Crippen LogP contribution in [-0.2, 0) is 14.3 Å². The van der Waals surface area contributed by atoms with Gasteiger partial charge in [-0.2, -0.15) is 0 Å². The highest BCUT2D eigenvalue weighted by Crippen LogP contribution is 2.65. The van der Waals surface area contributed by atoms with Gasteiger partial charge >= 0.3 is 6.16 Å². The first-order chi connectivity index (χ1) is 12.8. The number of ether oxygens (including phenoxy) is 2. The van der Waals surface area contributed by atoms with E-state index in [0.29, 0.717) is 24.4 Å². The predicted molar refractivity (Wildman–Crippen MR) is 103 cm³/mol. The maximum atomic E-state index is 12.1. The molecular formula is C23H32O4. The fourth-order valence-electron chi connectivity index (χ4n) is 7.01. The molecule has 148 valence electrons. The fraction of sp³-hybridized carbons (Fsp3) is 0.739. The Morgan fingerprint density at radius 1 is 1.22 bits per heavy atom. The van der Waals surface area contributed by atoms with Crippen LogP contribution in [0.1, 0.15) is 65.7 Å². The Balaban J connectivity index is 1.58. The molecule has 4 aliphatic carbocycles. The SMILES string of the molecule is C=C1C[C@@]2(C)C(=CC1=O)CC[C@@H]1[C@H]3CC[C@H](OC(=O)OCC)[C@@]3(C)CC[C@H]12. The zero-order valence-electron chi connectivity index (χ0n) is 16.9. The van der Waals surface area contributed by atoms with Crippen LogP contribution in [0, 0.1) is 28.6 Å². The van der Waals surface area contributed by atoms with Gasteiger partial charge in [0.1, 0.15) is 6.10 Å². The third-order valence-corrected chi connectivity index (χ3v) is 8.38. The van der Waals surface area contributed by atoms with Crippen LogP contribution in [0.15, 0.2) is 23.8 Å². The molecule has 6 atom stereocenters. The van der Waals surface area contributed by atoms with Crippen molar-refractivity contribution in [2.45, 2.75) is 71.8 Å². The van der Waals surface area contributed by atoms with Crippen LogP contribution in [0.25, 0.3) is 0 Å². The molecule has 0 bridgehead atoms. The maximum Gasteiger partial charge on any atom is 0.508 e. The summed E-state index contributed by atoms with van der Waals surface area (Å²) < 4.78 is 10.8. The van der Waals surface area contributed by atoms with Gasteiger partial charge < -0.3 is 9.47 Å². The number of hydrogen-bond donors (Lipinski definition) is 0. The summed E-state index contributed by atoms with van der Waals surface area (Å²) >= 11 is 0. The van der Waals surface area contributed by atoms with Crippen molar-refractivity contribution in [1.29, 1.82) is 0 Å². The summed E-state index contributed by atoms with van der Waals surface area (Å²) in [6.45, 7) is 10.9. The molecule has 0 radical (unpaired) electrons. The van der Waals surface area contributed by atoms with E-state index in [1.807, 2.05) is 13.0 Å². The summed E-state index contributed by atoms with van der Waals surface area (Å²) in [5, 5.41) is 0. The molecular weight excluding hydrogens is 340 g/mol. The third kappa shape index (κ3) is 2.78. The van der Waals surface area contributed by atoms with Crippen LogP contribution in [0.4, 0.5) is 4.79 Å². The van der Waals surface area contributed by atoms with Crippen molar-refractivity contribution in [2.24, 2.45) is 28.6 Å². The van der Waals surface area contributed by atoms with Crippen molar-refractivity contribution >= 4 is 11.9 Å². The van der Waals surface area contributed by atoms with Gasteiger partial charge in [-0.3, -0.25) is 4.79 Å². The van der Waals surface area contributed by atoms with E-state index in [2.05, 4.69) is 20.4 Å². The van der Waals surface area contributed by atoms with E-state index in [-0.39, 0.29) is 22.7 Å². The van der Waals surface area contributed by atoms with Gasteiger partial charge in [0.2, 0.25) is 0 Å². The minimum atomic E-state index is -0.519. The van der Waals surface area contributed by atoms with E-state index in [9.17, 15) is 9.59 Å². The largest absolute Gasteiger partial charge is 0.508 e. The molecule has 27 heavy (non-hydrogen) atoms. The first-order valence-corrected chi connectivity index (χ1v) is 10.6. The van der Waals surface area contributed by atoms with Gasteiger partial charge in [0.05, 0.1) is 6.61 Å². The average Bonchev–Trinajstić information content (AvgIpc) is 2.93. The molecule has 4 aliphatic rings. The van der Waals surface area contributed by atoms with Gasteiger partial charge in [-0.25, -0.2) is 4.79 Å². The lowest BCUT2D eigenvalue weighted by Crippen LogP contribution is -2.51. The molecule has 0 aromatic heterocycles.